The number of hydrogen-bond acceptors (Lipinski definition) is 4. The quantitative estimate of drug-likeness (QED) is 0.482. The first-order chi connectivity index (χ1) is 5.08. The van der Waals surface area contributed by atoms with Gasteiger partial charge in [-0.2, -0.15) is 0 Å². The summed E-state index contributed by atoms with van der Waals surface area (Å²) in [6, 6.07) is 0. The summed E-state index contributed by atoms with van der Waals surface area (Å²) in [6.07, 6.45) is 0. The van der Waals surface area contributed by atoms with Crippen molar-refractivity contribution < 1.29 is 9.51 Å². The van der Waals surface area contributed by atoms with Crippen LogP contribution in [0.15, 0.2) is 0 Å². The first kappa shape index (κ1) is 23.1. The minimum Gasteiger partial charge on any atom is -0.374 e. The van der Waals surface area contributed by atoms with Crippen LogP contribution in [0.2, 0.25) is 0 Å². The molecular weight excluding hydrogens is 166 g/mol. The third-order valence-corrected chi connectivity index (χ3v) is 0.836. The highest BCUT2D eigenvalue weighted by molar-refractivity contribution is 5.97. The molecule has 0 spiro atoms. The first-order valence-corrected chi connectivity index (χ1v) is 3.20. The lowest BCUT2D eigenvalue weighted by molar-refractivity contribution is -0.0175. The second kappa shape index (κ2) is 17.9. The maximum absolute atomic E-state index is 4.71. The molecule has 0 amide bonds. The van der Waals surface area contributed by atoms with E-state index in [2.05, 4.69) is 17.6 Å². The van der Waals surface area contributed by atoms with Crippen LogP contribution in [0.5, 0.6) is 0 Å². The maximum Gasteiger partial charge on any atom is 0.317 e. The highest BCUT2D eigenvalue weighted by atomic mass is 16.6. The molecule has 0 aliphatic carbocycles. The van der Waals surface area contributed by atoms with Crippen molar-refractivity contribution in [3.8, 4) is 0 Å². The van der Waals surface area contributed by atoms with Crippen LogP contribution in [0.3, 0.4) is 0 Å². The van der Waals surface area contributed by atoms with Crippen molar-refractivity contribution in [3.63, 3.8) is 0 Å². The number of nitrogens with zero attached hydrogens (tertiary/aromatic N) is 2. The highest BCUT2D eigenvalue weighted by Crippen LogP contribution is 1.73. The molecule has 0 aliphatic heterocycles. The molecule has 0 aromatic rings. The van der Waals surface area contributed by atoms with E-state index in [-0.39, 0.29) is 14.9 Å². The number of hydroxylamine groups is 4. The van der Waals surface area contributed by atoms with Crippen molar-refractivity contribution >= 4 is 16.1 Å². The Kier molecular flexibility index (Phi) is 31.8. The first-order valence-electron chi connectivity index (χ1n) is 3.20. The van der Waals surface area contributed by atoms with Gasteiger partial charge in [0.05, 0.1) is 0 Å². The van der Waals surface area contributed by atoms with Gasteiger partial charge in [-0.25, -0.2) is 10.1 Å². The molecule has 0 aromatic heterocycles. The lowest BCUT2D eigenvalue weighted by Crippen LogP contribution is -2.15. The molecule has 0 saturated heterocycles. The number of hydrogen-bond donors (Lipinski definition) is 0. The minimum atomic E-state index is 0. The van der Waals surface area contributed by atoms with Gasteiger partial charge in [0.1, 0.15) is 0 Å². The van der Waals surface area contributed by atoms with E-state index >= 15 is 0 Å². The van der Waals surface area contributed by atoms with Crippen LogP contribution in [0, 0.1) is 0 Å². The molecule has 0 fully saturated rings. The van der Waals surface area contributed by atoms with Gasteiger partial charge in [-0.05, 0) is 0 Å². The summed E-state index contributed by atoms with van der Waals surface area (Å²) in [4.78, 5) is 0. The van der Waals surface area contributed by atoms with Gasteiger partial charge in [0.2, 0.25) is 0 Å². The zero-order valence-corrected chi connectivity index (χ0v) is 7.57. The van der Waals surface area contributed by atoms with Crippen LogP contribution in [-0.4, -0.2) is 53.9 Å². The highest BCUT2D eigenvalue weighted by Gasteiger charge is 1.81. The summed E-state index contributed by atoms with van der Waals surface area (Å²) < 4.78 is 8.32. The van der Waals surface area contributed by atoms with Crippen molar-refractivity contribution in [1.82, 2.24) is 10.1 Å². The predicted octanol–water partition coefficient (Wildman–Crippen LogP) is 0.788. The summed E-state index contributed by atoms with van der Waals surface area (Å²) in [7, 11) is 14.5. The van der Waals surface area contributed by atoms with E-state index < -0.39 is 0 Å². The fourth-order valence-electron chi connectivity index (χ4n) is 0.0745. The van der Waals surface area contributed by atoms with Gasteiger partial charge in [0.15, 0.2) is 0 Å². The Morgan fingerprint density at radius 1 is 1.00 bits per heavy atom. The predicted molar refractivity (Wildman–Crippen MR) is 59.1 cm³/mol. The molecule has 0 saturated carbocycles. The molecule has 4 radical (unpaired) electrons. The van der Waals surface area contributed by atoms with Gasteiger partial charge in [-0.1, -0.05) is 21.8 Å². The molecule has 0 aliphatic rings. The molecule has 0 atom stereocenters. The number of rotatable bonds is 3. The standard InChI is InChI=1S/C3H8BNO.C2H6BNO.2CH4/c1-3-5(2)6-4;1-4(2)5-3;;/h3H2,1-2H3;1-2H3;2*1H4. The smallest absolute Gasteiger partial charge is 0.317 e. The maximum atomic E-state index is 4.71. The summed E-state index contributed by atoms with van der Waals surface area (Å²) in [5.74, 6) is 0. The molecule has 6 heteroatoms. The summed E-state index contributed by atoms with van der Waals surface area (Å²) >= 11 is 0. The molecule has 0 rings (SSSR count). The van der Waals surface area contributed by atoms with Gasteiger partial charge in [0.25, 0.3) is 0 Å². The Morgan fingerprint density at radius 2 is 1.31 bits per heavy atom. The van der Waals surface area contributed by atoms with E-state index in [1.165, 1.54) is 10.1 Å². The Bertz CT molecular complexity index is 73.5. The van der Waals surface area contributed by atoms with E-state index in [1.807, 2.05) is 6.92 Å². The topological polar surface area (TPSA) is 24.9 Å². The summed E-state index contributed by atoms with van der Waals surface area (Å²) in [5.41, 5.74) is 0. The van der Waals surface area contributed by atoms with Crippen LogP contribution in [0.1, 0.15) is 21.8 Å². The third-order valence-electron chi connectivity index (χ3n) is 0.836. The molecule has 4 nitrogen and oxygen atoms in total. The average molecular weight is 188 g/mol. The van der Waals surface area contributed by atoms with Gasteiger partial charge < -0.3 is 9.51 Å². The molecule has 0 N–H and O–H groups in total. The van der Waals surface area contributed by atoms with E-state index in [1.54, 1.807) is 21.1 Å². The van der Waals surface area contributed by atoms with E-state index in [0.717, 1.165) is 6.54 Å². The Labute approximate surface area is 86.0 Å². The zero-order chi connectivity index (χ0) is 9.28. The second-order valence-corrected chi connectivity index (χ2v) is 1.97. The Hall–Kier alpha value is -0.0301. The average Bonchev–Trinajstić information content (AvgIpc) is 2.04. The summed E-state index contributed by atoms with van der Waals surface area (Å²) in [6.45, 7) is 2.77. The van der Waals surface area contributed by atoms with Gasteiger partial charge in [-0.3, -0.25) is 0 Å². The zero-order valence-electron chi connectivity index (χ0n) is 7.57. The van der Waals surface area contributed by atoms with Crippen molar-refractivity contribution in [3.05, 3.63) is 0 Å². The lowest BCUT2D eigenvalue weighted by atomic mass is 10.6. The van der Waals surface area contributed by atoms with Crippen LogP contribution in [0.4, 0.5) is 0 Å². The van der Waals surface area contributed by atoms with E-state index in [4.69, 9.17) is 8.05 Å². The molecule has 0 heterocycles. The third kappa shape index (κ3) is 33.4. The van der Waals surface area contributed by atoms with Crippen LogP contribution >= 0.6 is 0 Å². The van der Waals surface area contributed by atoms with Crippen molar-refractivity contribution in [2.45, 2.75) is 21.8 Å². The van der Waals surface area contributed by atoms with Crippen molar-refractivity contribution in [1.29, 1.82) is 0 Å². The molecule has 78 valence electrons. The normalized spacial score (nSPS) is 8.15. The summed E-state index contributed by atoms with van der Waals surface area (Å²) in [5, 5.41) is 2.93. The van der Waals surface area contributed by atoms with E-state index in [9.17, 15) is 0 Å². The fourth-order valence-corrected chi connectivity index (χ4v) is 0.0745. The van der Waals surface area contributed by atoms with Crippen LogP contribution in [-0.2, 0) is 9.51 Å². The van der Waals surface area contributed by atoms with Crippen LogP contribution < -0.4 is 0 Å². The molecule has 0 aromatic carbocycles. The fraction of sp³-hybridized carbons (Fsp3) is 1.00. The second-order valence-electron chi connectivity index (χ2n) is 1.97. The van der Waals surface area contributed by atoms with Crippen molar-refractivity contribution in [2.24, 2.45) is 0 Å². The molecule has 13 heavy (non-hydrogen) atoms. The van der Waals surface area contributed by atoms with Crippen molar-refractivity contribution in [2.75, 3.05) is 27.7 Å². The van der Waals surface area contributed by atoms with Gasteiger partial charge in [-0.15, -0.1) is 0 Å². The Balaban J connectivity index is -0.0000000546. The largest absolute Gasteiger partial charge is 0.374 e. The SMILES string of the molecule is C.C.[B]ON(C)C.[B]ON(C)CC. The van der Waals surface area contributed by atoms with Gasteiger partial charge >= 0.3 is 16.1 Å². The Morgan fingerprint density at radius 3 is 1.31 bits per heavy atom. The minimum absolute atomic E-state index is 0. The lowest BCUT2D eigenvalue weighted by Gasteiger charge is -2.08. The van der Waals surface area contributed by atoms with Crippen LogP contribution in [0.25, 0.3) is 0 Å². The molecular formula is C7H22B2N2O2. The molecule has 0 bridgehead atoms. The van der Waals surface area contributed by atoms with Gasteiger partial charge in [0, 0.05) is 27.7 Å². The monoisotopic (exact) mass is 188 g/mol. The van der Waals surface area contributed by atoms with E-state index in [0.29, 0.717) is 0 Å². The molecule has 0 unspecified atom stereocenters.